The third-order valence-corrected chi connectivity index (χ3v) is 6.79. The number of nitrogens with one attached hydrogen (secondary N) is 2. The van der Waals surface area contributed by atoms with Crippen LogP contribution in [0, 0.1) is 6.92 Å². The Morgan fingerprint density at radius 2 is 1.67 bits per heavy atom. The number of aryl methyl sites for hydroxylation is 1. The first-order valence-electron chi connectivity index (χ1n) is 12.8. The highest BCUT2D eigenvalue weighted by molar-refractivity contribution is 6.31. The molecular weight excluding hydrogens is 591 g/mol. The number of anilines is 1. The smallest absolute Gasteiger partial charge is 0.416 e. The molecule has 0 fully saturated rings. The first-order chi connectivity index (χ1) is 20.3. The molecule has 224 valence electrons. The van der Waals surface area contributed by atoms with E-state index in [0.717, 1.165) is 24.3 Å². The Labute approximate surface area is 248 Å². The van der Waals surface area contributed by atoms with Crippen molar-refractivity contribution in [2.24, 2.45) is 0 Å². The van der Waals surface area contributed by atoms with E-state index in [1.165, 1.54) is 24.3 Å². The Kier molecular flexibility index (Phi) is 9.40. The minimum Gasteiger partial charge on any atom is -0.480 e. The van der Waals surface area contributed by atoms with Crippen LogP contribution in [0.15, 0.2) is 77.3 Å². The van der Waals surface area contributed by atoms with E-state index in [-0.39, 0.29) is 23.4 Å². The van der Waals surface area contributed by atoms with Crippen LogP contribution in [0.2, 0.25) is 5.02 Å². The number of benzene rings is 3. The maximum absolute atomic E-state index is 12.8. The van der Waals surface area contributed by atoms with Gasteiger partial charge in [-0.1, -0.05) is 59.2 Å². The molecule has 4 aromatic rings. The van der Waals surface area contributed by atoms with Crippen molar-refractivity contribution in [3.05, 3.63) is 106 Å². The van der Waals surface area contributed by atoms with Crippen LogP contribution in [-0.2, 0) is 22.1 Å². The minimum absolute atomic E-state index is 0.112. The van der Waals surface area contributed by atoms with E-state index < -0.39 is 41.9 Å². The number of alkyl halides is 3. The van der Waals surface area contributed by atoms with E-state index in [9.17, 15) is 32.7 Å². The Hall–Kier alpha value is -4.84. The van der Waals surface area contributed by atoms with Gasteiger partial charge in [0.2, 0.25) is 0 Å². The predicted octanol–water partition coefficient (Wildman–Crippen LogP) is 7.06. The van der Waals surface area contributed by atoms with Crippen LogP contribution in [-0.4, -0.2) is 34.3 Å². The summed E-state index contributed by atoms with van der Waals surface area (Å²) < 4.78 is 49.3. The Bertz CT molecular complexity index is 1620. The Morgan fingerprint density at radius 1 is 1.02 bits per heavy atom. The van der Waals surface area contributed by atoms with Crippen molar-refractivity contribution in [1.82, 2.24) is 10.5 Å². The van der Waals surface area contributed by atoms with Crippen molar-refractivity contribution in [2.75, 3.05) is 5.32 Å². The van der Waals surface area contributed by atoms with Gasteiger partial charge in [0.15, 0.2) is 5.76 Å². The quantitative estimate of drug-likeness (QED) is 0.184. The topological polar surface area (TPSA) is 131 Å². The number of carbonyl (C=O) groups excluding carboxylic acids is 2. The molecule has 13 heteroatoms. The monoisotopic (exact) mass is 615 g/mol. The second-order valence-electron chi connectivity index (χ2n) is 9.51. The second kappa shape index (κ2) is 13.0. The normalized spacial score (nSPS) is 12.7. The number of hydrogen-bond acceptors (Lipinski definition) is 6. The summed E-state index contributed by atoms with van der Waals surface area (Å²) in [6, 6.07) is 15.5. The number of aromatic nitrogens is 1. The number of carboxylic acid groups (broad SMARTS) is 1. The zero-order valence-corrected chi connectivity index (χ0v) is 23.5. The maximum atomic E-state index is 12.8. The van der Waals surface area contributed by atoms with Gasteiger partial charge in [-0.15, -0.1) is 0 Å². The molecule has 0 spiro atoms. The standard InChI is InChI=1S/C30H25ClF3N3O6/c1-16-25(36-29(41)42-17(2)22-5-3-4-6-23(22)31)26(43-37-16)19-9-11-20(12-10-19)27(38)35-24(28(39)40)15-18-7-13-21(14-8-18)30(32,33)34/h3-14,17,24H,15H2,1-2H3,(H,35,38)(H,36,41)(H,39,40)/t17-,24?/m1/s1. The van der Waals surface area contributed by atoms with E-state index in [4.69, 9.17) is 20.9 Å². The highest BCUT2D eigenvalue weighted by Crippen LogP contribution is 2.32. The second-order valence-corrected chi connectivity index (χ2v) is 9.91. The number of halogens is 4. The average Bonchev–Trinajstić information content (AvgIpc) is 3.32. The molecule has 2 atom stereocenters. The van der Waals surface area contributed by atoms with Gasteiger partial charge >= 0.3 is 18.2 Å². The maximum Gasteiger partial charge on any atom is 0.416 e. The van der Waals surface area contributed by atoms with Crippen molar-refractivity contribution in [2.45, 2.75) is 38.6 Å². The summed E-state index contributed by atoms with van der Waals surface area (Å²) in [7, 11) is 0. The molecule has 0 radical (unpaired) electrons. The third-order valence-electron chi connectivity index (χ3n) is 6.45. The number of amides is 2. The van der Waals surface area contributed by atoms with Gasteiger partial charge in [0.1, 0.15) is 23.5 Å². The van der Waals surface area contributed by atoms with Crippen LogP contribution in [0.25, 0.3) is 11.3 Å². The highest BCUT2D eigenvalue weighted by Gasteiger charge is 2.30. The van der Waals surface area contributed by atoms with Crippen molar-refractivity contribution in [3.8, 4) is 11.3 Å². The van der Waals surface area contributed by atoms with Gasteiger partial charge in [0.05, 0.1) is 5.56 Å². The van der Waals surface area contributed by atoms with E-state index in [2.05, 4.69) is 15.8 Å². The SMILES string of the molecule is Cc1noc(-c2ccc(C(=O)NC(Cc3ccc(C(F)(F)F)cc3)C(=O)O)cc2)c1NC(=O)O[C@H](C)c1ccccc1Cl. The van der Waals surface area contributed by atoms with E-state index >= 15 is 0 Å². The van der Waals surface area contributed by atoms with Gasteiger partial charge in [0.25, 0.3) is 5.91 Å². The lowest BCUT2D eigenvalue weighted by molar-refractivity contribution is -0.139. The summed E-state index contributed by atoms with van der Waals surface area (Å²) in [6.07, 6.45) is -6.17. The Balaban J connectivity index is 1.42. The molecule has 3 N–H and O–H groups in total. The third kappa shape index (κ3) is 7.72. The van der Waals surface area contributed by atoms with Crippen LogP contribution < -0.4 is 10.6 Å². The molecule has 1 heterocycles. The summed E-state index contributed by atoms with van der Waals surface area (Å²) in [5, 5.41) is 18.9. The first kappa shape index (κ1) is 31.1. The van der Waals surface area contributed by atoms with Crippen LogP contribution in [0.5, 0.6) is 0 Å². The van der Waals surface area contributed by atoms with Crippen molar-refractivity contribution >= 4 is 35.3 Å². The number of ether oxygens (including phenoxy) is 1. The molecule has 43 heavy (non-hydrogen) atoms. The number of hydrogen-bond donors (Lipinski definition) is 3. The predicted molar refractivity (Wildman–Crippen MR) is 151 cm³/mol. The number of aliphatic carboxylic acids is 1. The first-order valence-corrected chi connectivity index (χ1v) is 13.2. The lowest BCUT2D eigenvalue weighted by Gasteiger charge is -2.16. The summed E-state index contributed by atoms with van der Waals surface area (Å²) in [5.74, 6) is -1.87. The van der Waals surface area contributed by atoms with Gasteiger partial charge in [0, 0.05) is 28.1 Å². The van der Waals surface area contributed by atoms with Crippen LogP contribution in [0.1, 0.15) is 45.8 Å². The van der Waals surface area contributed by atoms with Crippen LogP contribution in [0.4, 0.5) is 23.7 Å². The molecule has 0 aliphatic carbocycles. The lowest BCUT2D eigenvalue weighted by Crippen LogP contribution is -2.42. The van der Waals surface area contributed by atoms with Gasteiger partial charge < -0.3 is 19.7 Å². The molecule has 1 aromatic heterocycles. The zero-order valence-electron chi connectivity index (χ0n) is 22.7. The van der Waals surface area contributed by atoms with Gasteiger partial charge in [-0.3, -0.25) is 10.1 Å². The molecule has 9 nitrogen and oxygen atoms in total. The zero-order chi connectivity index (χ0) is 31.3. The minimum atomic E-state index is -4.52. The number of rotatable bonds is 9. The summed E-state index contributed by atoms with van der Waals surface area (Å²) in [5.41, 5.74) is 1.24. The molecular formula is C30H25ClF3N3O6. The average molecular weight is 616 g/mol. The molecule has 0 aliphatic rings. The number of carbonyl (C=O) groups is 3. The van der Waals surface area contributed by atoms with Gasteiger partial charge in [-0.2, -0.15) is 13.2 Å². The van der Waals surface area contributed by atoms with E-state index in [1.807, 2.05) is 0 Å². The molecule has 0 saturated carbocycles. The Morgan fingerprint density at radius 3 is 2.28 bits per heavy atom. The molecule has 0 aliphatic heterocycles. The van der Waals surface area contributed by atoms with E-state index in [0.29, 0.717) is 27.4 Å². The fraction of sp³-hybridized carbons (Fsp3) is 0.200. The summed E-state index contributed by atoms with van der Waals surface area (Å²) >= 11 is 6.18. The van der Waals surface area contributed by atoms with Crippen molar-refractivity contribution in [1.29, 1.82) is 0 Å². The lowest BCUT2D eigenvalue weighted by atomic mass is 10.0. The molecule has 1 unspecified atom stereocenters. The summed E-state index contributed by atoms with van der Waals surface area (Å²) in [6.45, 7) is 3.29. The van der Waals surface area contributed by atoms with Gasteiger partial charge in [-0.25, -0.2) is 9.59 Å². The molecule has 0 bridgehead atoms. The fourth-order valence-corrected chi connectivity index (χ4v) is 4.44. The van der Waals surface area contributed by atoms with Crippen LogP contribution in [0.3, 0.4) is 0 Å². The number of nitrogens with zero attached hydrogens (tertiary/aromatic N) is 1. The number of carboxylic acids is 1. The molecule has 0 saturated heterocycles. The van der Waals surface area contributed by atoms with E-state index in [1.54, 1.807) is 38.1 Å². The van der Waals surface area contributed by atoms with Gasteiger partial charge in [-0.05, 0) is 49.7 Å². The van der Waals surface area contributed by atoms with Crippen molar-refractivity contribution in [3.63, 3.8) is 0 Å². The van der Waals surface area contributed by atoms with Crippen LogP contribution >= 0.6 is 11.6 Å². The molecule has 4 rings (SSSR count). The fourth-order valence-electron chi connectivity index (χ4n) is 4.15. The highest BCUT2D eigenvalue weighted by atomic mass is 35.5. The molecule has 2 amide bonds. The summed E-state index contributed by atoms with van der Waals surface area (Å²) in [4.78, 5) is 37.2. The van der Waals surface area contributed by atoms with Crippen molar-refractivity contribution < 1.29 is 41.9 Å². The molecule has 3 aromatic carbocycles. The largest absolute Gasteiger partial charge is 0.480 e.